The van der Waals surface area contributed by atoms with Gasteiger partial charge in [0.2, 0.25) is 0 Å². The fraction of sp³-hybridized carbons (Fsp3) is 0.174. The minimum Gasteiger partial charge on any atom is -0.350 e. The number of carbonyl (C=O) groups is 1. The minimum atomic E-state index is -4.01. The van der Waals surface area contributed by atoms with Crippen molar-refractivity contribution in [1.29, 1.82) is 0 Å². The van der Waals surface area contributed by atoms with Crippen molar-refractivity contribution >= 4 is 27.3 Å². The molecule has 0 heterocycles. The molecule has 0 aromatic heterocycles. The van der Waals surface area contributed by atoms with E-state index < -0.39 is 14.9 Å². The molecule has 3 aromatic carbocycles. The molecule has 1 unspecified atom stereocenters. The third-order valence-electron chi connectivity index (χ3n) is 4.82. The number of hydrogen-bond donors (Lipinski definition) is 2. The molecule has 32 heavy (non-hydrogen) atoms. The van der Waals surface area contributed by atoms with Crippen molar-refractivity contribution in [3.05, 3.63) is 100 Å². The molecular formula is C23H23N3O5S. The van der Waals surface area contributed by atoms with Gasteiger partial charge in [-0.05, 0) is 55.7 Å². The van der Waals surface area contributed by atoms with E-state index in [0.29, 0.717) is 5.56 Å². The van der Waals surface area contributed by atoms with Gasteiger partial charge in [-0.15, -0.1) is 0 Å². The highest BCUT2D eigenvalue weighted by molar-refractivity contribution is 7.92. The van der Waals surface area contributed by atoms with Gasteiger partial charge in [-0.3, -0.25) is 19.6 Å². The monoisotopic (exact) mass is 453 g/mol. The van der Waals surface area contributed by atoms with Crippen LogP contribution in [-0.4, -0.2) is 25.3 Å². The van der Waals surface area contributed by atoms with Crippen molar-refractivity contribution in [1.82, 2.24) is 5.32 Å². The number of nitrogens with zero attached hydrogens (tertiary/aromatic N) is 1. The van der Waals surface area contributed by atoms with Crippen molar-refractivity contribution in [2.75, 3.05) is 4.72 Å². The largest absolute Gasteiger partial charge is 0.350 e. The van der Waals surface area contributed by atoms with E-state index in [1.54, 1.807) is 0 Å². The second kappa shape index (κ2) is 10.1. The Bertz CT molecular complexity index is 1200. The number of hydrogen-bond acceptors (Lipinski definition) is 5. The fourth-order valence-corrected chi connectivity index (χ4v) is 4.17. The molecule has 1 atom stereocenters. The molecule has 0 aliphatic heterocycles. The highest BCUT2D eigenvalue weighted by atomic mass is 32.2. The second-order valence-electron chi connectivity index (χ2n) is 7.34. The second-order valence-corrected chi connectivity index (χ2v) is 9.02. The molecule has 0 spiro atoms. The van der Waals surface area contributed by atoms with Gasteiger partial charge in [-0.25, -0.2) is 8.42 Å². The zero-order valence-electron chi connectivity index (χ0n) is 17.4. The van der Waals surface area contributed by atoms with Gasteiger partial charge in [-0.2, -0.15) is 0 Å². The Morgan fingerprint density at radius 3 is 2.34 bits per heavy atom. The number of aryl methyl sites for hydroxylation is 1. The van der Waals surface area contributed by atoms with Crippen molar-refractivity contribution in [2.24, 2.45) is 0 Å². The molecular weight excluding hydrogens is 430 g/mol. The zero-order chi connectivity index (χ0) is 23.1. The van der Waals surface area contributed by atoms with Crippen LogP contribution in [0.3, 0.4) is 0 Å². The molecule has 8 nitrogen and oxygen atoms in total. The number of sulfonamides is 1. The maximum absolute atomic E-state index is 12.5. The van der Waals surface area contributed by atoms with Crippen LogP contribution in [0.25, 0.3) is 0 Å². The van der Waals surface area contributed by atoms with Crippen LogP contribution < -0.4 is 10.0 Å². The molecule has 0 saturated heterocycles. The average Bonchev–Trinajstić information content (AvgIpc) is 2.78. The first-order valence-corrected chi connectivity index (χ1v) is 11.4. The number of amides is 1. The van der Waals surface area contributed by atoms with E-state index in [9.17, 15) is 23.3 Å². The number of nitro benzene ring substituents is 1. The van der Waals surface area contributed by atoms with E-state index in [1.165, 1.54) is 48.0 Å². The molecule has 0 fully saturated rings. The highest BCUT2D eigenvalue weighted by Crippen LogP contribution is 2.21. The lowest BCUT2D eigenvalue weighted by molar-refractivity contribution is -0.385. The number of rotatable bonds is 9. The summed E-state index contributed by atoms with van der Waals surface area (Å²) < 4.78 is 27.4. The predicted octanol–water partition coefficient (Wildman–Crippen LogP) is 4.15. The molecule has 0 radical (unpaired) electrons. The summed E-state index contributed by atoms with van der Waals surface area (Å²) in [7, 11) is -4.01. The average molecular weight is 454 g/mol. The first-order chi connectivity index (χ1) is 15.2. The number of anilines is 1. The standard InChI is InChI=1S/C23H23N3O5S/c1-17(10-11-18-6-3-2-4-7-18)24-23(27)19-12-14-20(15-13-19)25-32(30,31)22-9-5-8-21(16-22)26(28)29/h2-9,12-17,25H,10-11H2,1H3,(H,24,27). The lowest BCUT2D eigenvalue weighted by Gasteiger charge is -2.14. The number of nitro groups is 1. The third-order valence-corrected chi connectivity index (χ3v) is 6.20. The van der Waals surface area contributed by atoms with Crippen molar-refractivity contribution < 1.29 is 18.1 Å². The lowest BCUT2D eigenvalue weighted by atomic mass is 10.1. The first-order valence-electron chi connectivity index (χ1n) is 9.97. The zero-order valence-corrected chi connectivity index (χ0v) is 18.2. The van der Waals surface area contributed by atoms with Gasteiger partial charge < -0.3 is 5.32 Å². The predicted molar refractivity (Wildman–Crippen MR) is 122 cm³/mol. The number of nitrogens with one attached hydrogen (secondary N) is 2. The maximum atomic E-state index is 12.5. The highest BCUT2D eigenvalue weighted by Gasteiger charge is 2.18. The normalized spacial score (nSPS) is 12.0. The summed E-state index contributed by atoms with van der Waals surface area (Å²) in [4.78, 5) is 22.5. The quantitative estimate of drug-likeness (QED) is 0.373. The van der Waals surface area contributed by atoms with Crippen LogP contribution in [0.15, 0.2) is 83.8 Å². The Labute approximate surface area is 186 Å². The summed E-state index contributed by atoms with van der Waals surface area (Å²) in [6.45, 7) is 1.93. The van der Waals surface area contributed by atoms with Gasteiger partial charge in [0.15, 0.2) is 0 Å². The van der Waals surface area contributed by atoms with Crippen LogP contribution in [0.2, 0.25) is 0 Å². The van der Waals surface area contributed by atoms with Crippen LogP contribution in [-0.2, 0) is 16.4 Å². The molecule has 0 bridgehead atoms. The Morgan fingerprint density at radius 1 is 1.00 bits per heavy atom. The van der Waals surface area contributed by atoms with E-state index in [0.717, 1.165) is 18.9 Å². The SMILES string of the molecule is CC(CCc1ccccc1)NC(=O)c1ccc(NS(=O)(=O)c2cccc([N+](=O)[O-])c2)cc1. The van der Waals surface area contributed by atoms with Crippen LogP contribution >= 0.6 is 0 Å². The minimum absolute atomic E-state index is 0.0326. The summed E-state index contributed by atoms with van der Waals surface area (Å²) in [6.07, 6.45) is 1.64. The van der Waals surface area contributed by atoms with E-state index in [1.807, 2.05) is 37.3 Å². The van der Waals surface area contributed by atoms with Crippen LogP contribution in [0.5, 0.6) is 0 Å². The molecule has 0 aliphatic carbocycles. The Morgan fingerprint density at radius 2 is 1.69 bits per heavy atom. The number of non-ortho nitro benzene ring substituents is 1. The first kappa shape index (κ1) is 23.0. The van der Waals surface area contributed by atoms with Gasteiger partial charge in [0.1, 0.15) is 0 Å². The van der Waals surface area contributed by atoms with Crippen molar-refractivity contribution in [2.45, 2.75) is 30.7 Å². The molecule has 0 saturated carbocycles. The van der Waals surface area contributed by atoms with Gasteiger partial charge >= 0.3 is 0 Å². The van der Waals surface area contributed by atoms with Gasteiger partial charge in [-0.1, -0.05) is 36.4 Å². The van der Waals surface area contributed by atoms with Crippen molar-refractivity contribution in [3.63, 3.8) is 0 Å². The molecule has 9 heteroatoms. The Kier molecular flexibility index (Phi) is 7.21. The summed E-state index contributed by atoms with van der Waals surface area (Å²) in [5.74, 6) is -0.251. The lowest BCUT2D eigenvalue weighted by Crippen LogP contribution is -2.32. The van der Waals surface area contributed by atoms with Crippen LogP contribution in [0.4, 0.5) is 11.4 Å². The van der Waals surface area contributed by atoms with E-state index in [4.69, 9.17) is 0 Å². The van der Waals surface area contributed by atoms with Crippen molar-refractivity contribution in [3.8, 4) is 0 Å². The van der Waals surface area contributed by atoms with E-state index >= 15 is 0 Å². The fourth-order valence-electron chi connectivity index (χ4n) is 3.08. The molecule has 166 valence electrons. The van der Waals surface area contributed by atoms with Gasteiger partial charge in [0.05, 0.1) is 9.82 Å². The number of carbonyl (C=O) groups excluding carboxylic acids is 1. The van der Waals surface area contributed by atoms with Crippen LogP contribution in [0, 0.1) is 10.1 Å². The summed E-state index contributed by atoms with van der Waals surface area (Å²) in [5.41, 5.74) is 1.52. The van der Waals surface area contributed by atoms with Gasteiger partial charge in [0, 0.05) is 29.4 Å². The summed E-state index contributed by atoms with van der Waals surface area (Å²) in [6, 6.07) is 20.7. The molecule has 0 aliphatic rings. The summed E-state index contributed by atoms with van der Waals surface area (Å²) in [5, 5.41) is 13.8. The Balaban J connectivity index is 1.59. The smallest absolute Gasteiger partial charge is 0.270 e. The molecule has 3 rings (SSSR count). The van der Waals surface area contributed by atoms with Crippen LogP contribution in [0.1, 0.15) is 29.3 Å². The van der Waals surface area contributed by atoms with E-state index in [-0.39, 0.29) is 28.2 Å². The molecule has 3 aromatic rings. The van der Waals surface area contributed by atoms with Gasteiger partial charge in [0.25, 0.3) is 21.6 Å². The number of benzene rings is 3. The summed E-state index contributed by atoms with van der Waals surface area (Å²) >= 11 is 0. The Hall–Kier alpha value is -3.72. The maximum Gasteiger partial charge on any atom is 0.270 e. The van der Waals surface area contributed by atoms with E-state index in [2.05, 4.69) is 10.0 Å². The topological polar surface area (TPSA) is 118 Å². The third kappa shape index (κ3) is 6.14. The molecule has 2 N–H and O–H groups in total. The molecule has 1 amide bonds.